The summed E-state index contributed by atoms with van der Waals surface area (Å²) >= 11 is 0. The third kappa shape index (κ3) is 3.04. The molecule has 90 valence electrons. The van der Waals surface area contributed by atoms with Crippen molar-refractivity contribution in [1.29, 1.82) is 0 Å². The Kier molecular flexibility index (Phi) is 4.21. The standard InChI is InChI=1S/C11H11NO5/c1-2-17-11(14)10(7-13)8-3-5-9(6-4-8)12(15)16/h3-7,13H,2H2,1H3. The minimum atomic E-state index is -0.677. The fourth-order valence-electron chi connectivity index (χ4n) is 1.22. The van der Waals surface area contributed by atoms with E-state index in [1.165, 1.54) is 24.3 Å². The van der Waals surface area contributed by atoms with Crippen molar-refractivity contribution in [1.82, 2.24) is 0 Å². The molecule has 1 aromatic rings. The molecular weight excluding hydrogens is 226 g/mol. The fourth-order valence-corrected chi connectivity index (χ4v) is 1.22. The molecule has 1 aromatic carbocycles. The van der Waals surface area contributed by atoms with Gasteiger partial charge in [0.1, 0.15) is 5.57 Å². The molecule has 6 heteroatoms. The molecule has 0 aromatic heterocycles. The second-order valence-corrected chi connectivity index (χ2v) is 3.07. The molecule has 0 atom stereocenters. The Balaban J connectivity index is 2.98. The van der Waals surface area contributed by atoms with E-state index in [-0.39, 0.29) is 17.9 Å². The van der Waals surface area contributed by atoms with Gasteiger partial charge in [-0.2, -0.15) is 0 Å². The van der Waals surface area contributed by atoms with Crippen LogP contribution in [-0.2, 0) is 9.53 Å². The molecule has 6 nitrogen and oxygen atoms in total. The van der Waals surface area contributed by atoms with Crippen molar-refractivity contribution >= 4 is 17.2 Å². The van der Waals surface area contributed by atoms with Gasteiger partial charge >= 0.3 is 5.97 Å². The van der Waals surface area contributed by atoms with E-state index >= 15 is 0 Å². The van der Waals surface area contributed by atoms with Crippen LogP contribution < -0.4 is 0 Å². The number of rotatable bonds is 4. The highest BCUT2D eigenvalue weighted by Crippen LogP contribution is 2.19. The molecule has 17 heavy (non-hydrogen) atoms. The molecule has 0 spiro atoms. The lowest BCUT2D eigenvalue weighted by atomic mass is 10.1. The van der Waals surface area contributed by atoms with Crippen molar-refractivity contribution in [2.24, 2.45) is 0 Å². The van der Waals surface area contributed by atoms with E-state index in [0.717, 1.165) is 0 Å². The molecule has 0 bridgehead atoms. The number of ether oxygens (including phenoxy) is 1. The van der Waals surface area contributed by atoms with Crippen molar-refractivity contribution in [3.05, 3.63) is 46.2 Å². The average Bonchev–Trinajstić information content (AvgIpc) is 2.31. The maximum absolute atomic E-state index is 11.4. The predicted molar refractivity (Wildman–Crippen MR) is 60.3 cm³/mol. The first-order valence-corrected chi connectivity index (χ1v) is 4.86. The smallest absolute Gasteiger partial charge is 0.341 e. The van der Waals surface area contributed by atoms with Crippen molar-refractivity contribution in [3.8, 4) is 0 Å². The number of hydrogen-bond donors (Lipinski definition) is 1. The number of hydrogen-bond acceptors (Lipinski definition) is 5. The average molecular weight is 237 g/mol. The van der Waals surface area contributed by atoms with Crippen LogP contribution >= 0.6 is 0 Å². The fraction of sp³-hybridized carbons (Fsp3) is 0.182. The van der Waals surface area contributed by atoms with Gasteiger partial charge in [-0.15, -0.1) is 0 Å². The van der Waals surface area contributed by atoms with E-state index in [2.05, 4.69) is 0 Å². The molecule has 0 aliphatic heterocycles. The van der Waals surface area contributed by atoms with Gasteiger partial charge in [-0.05, 0) is 24.6 Å². The lowest BCUT2D eigenvalue weighted by Gasteiger charge is -2.05. The number of aliphatic hydroxyl groups is 1. The quantitative estimate of drug-likeness (QED) is 0.284. The van der Waals surface area contributed by atoms with Crippen molar-refractivity contribution in [2.45, 2.75) is 6.92 Å². The largest absolute Gasteiger partial charge is 0.515 e. The number of benzene rings is 1. The molecule has 0 heterocycles. The molecule has 0 aliphatic rings. The summed E-state index contributed by atoms with van der Waals surface area (Å²) in [7, 11) is 0. The van der Waals surface area contributed by atoms with E-state index in [0.29, 0.717) is 11.8 Å². The second kappa shape index (κ2) is 5.64. The molecule has 0 radical (unpaired) electrons. The monoisotopic (exact) mass is 237 g/mol. The normalized spacial score (nSPS) is 11.0. The van der Waals surface area contributed by atoms with Gasteiger partial charge in [0.15, 0.2) is 0 Å². The van der Waals surface area contributed by atoms with Gasteiger partial charge in [0, 0.05) is 12.1 Å². The van der Waals surface area contributed by atoms with E-state index in [9.17, 15) is 14.9 Å². The van der Waals surface area contributed by atoms with Gasteiger partial charge in [0.25, 0.3) is 5.69 Å². The molecule has 1 rings (SSSR count). The van der Waals surface area contributed by atoms with Crippen molar-refractivity contribution < 1.29 is 19.6 Å². The SMILES string of the molecule is CCOC(=O)C(=CO)c1ccc([N+](=O)[O-])cc1. The van der Waals surface area contributed by atoms with Crippen LogP contribution in [0.1, 0.15) is 12.5 Å². The van der Waals surface area contributed by atoms with Gasteiger partial charge in [0.05, 0.1) is 17.8 Å². The lowest BCUT2D eigenvalue weighted by molar-refractivity contribution is -0.384. The molecule has 1 N–H and O–H groups in total. The highest BCUT2D eigenvalue weighted by atomic mass is 16.6. The van der Waals surface area contributed by atoms with E-state index in [1.54, 1.807) is 6.92 Å². The Morgan fingerprint density at radius 1 is 1.47 bits per heavy atom. The molecule has 0 saturated carbocycles. The number of nitro groups is 1. The molecule has 0 saturated heterocycles. The minimum Gasteiger partial charge on any atom is -0.515 e. The number of carbonyl (C=O) groups is 1. The van der Waals surface area contributed by atoms with Crippen LogP contribution in [0, 0.1) is 10.1 Å². The first-order chi connectivity index (χ1) is 8.10. The highest BCUT2D eigenvalue weighted by molar-refractivity contribution is 6.16. The number of nitrogens with zero attached hydrogens (tertiary/aromatic N) is 1. The van der Waals surface area contributed by atoms with Crippen LogP contribution in [0.4, 0.5) is 5.69 Å². The summed E-state index contributed by atoms with van der Waals surface area (Å²) in [6, 6.07) is 5.24. The summed E-state index contributed by atoms with van der Waals surface area (Å²) in [5.74, 6) is -0.677. The molecule has 0 fully saturated rings. The predicted octanol–water partition coefficient (Wildman–Crippen LogP) is 2.06. The molecule has 0 unspecified atom stereocenters. The maximum atomic E-state index is 11.4. The third-order valence-electron chi connectivity index (χ3n) is 2.01. The first kappa shape index (κ1) is 12.7. The third-order valence-corrected chi connectivity index (χ3v) is 2.01. The van der Waals surface area contributed by atoms with Gasteiger partial charge in [-0.25, -0.2) is 4.79 Å². The van der Waals surface area contributed by atoms with Crippen LogP contribution in [0.5, 0.6) is 0 Å². The van der Waals surface area contributed by atoms with Crippen LogP contribution in [-0.4, -0.2) is 22.6 Å². The second-order valence-electron chi connectivity index (χ2n) is 3.07. The minimum absolute atomic E-state index is 0.0400. The number of aliphatic hydroxyl groups excluding tert-OH is 1. The Bertz CT molecular complexity index is 449. The molecule has 0 aliphatic carbocycles. The van der Waals surface area contributed by atoms with Crippen LogP contribution in [0.2, 0.25) is 0 Å². The maximum Gasteiger partial charge on any atom is 0.341 e. The number of non-ortho nitro benzene ring substituents is 1. The lowest BCUT2D eigenvalue weighted by Crippen LogP contribution is -2.07. The van der Waals surface area contributed by atoms with E-state index in [1.807, 2.05) is 0 Å². The van der Waals surface area contributed by atoms with Crippen LogP contribution in [0.25, 0.3) is 5.57 Å². The highest BCUT2D eigenvalue weighted by Gasteiger charge is 2.14. The Hall–Kier alpha value is -2.37. The summed E-state index contributed by atoms with van der Waals surface area (Å²) in [5.41, 5.74) is 0.230. The Morgan fingerprint density at radius 2 is 2.06 bits per heavy atom. The van der Waals surface area contributed by atoms with Crippen molar-refractivity contribution in [2.75, 3.05) is 6.61 Å². The van der Waals surface area contributed by atoms with Crippen LogP contribution in [0.3, 0.4) is 0 Å². The molecule has 0 amide bonds. The van der Waals surface area contributed by atoms with E-state index in [4.69, 9.17) is 9.84 Å². The van der Waals surface area contributed by atoms with Crippen LogP contribution in [0.15, 0.2) is 30.5 Å². The number of nitro benzene ring substituents is 1. The number of esters is 1. The zero-order chi connectivity index (χ0) is 12.8. The summed E-state index contributed by atoms with van der Waals surface area (Å²) < 4.78 is 4.73. The zero-order valence-electron chi connectivity index (χ0n) is 9.12. The van der Waals surface area contributed by atoms with Crippen molar-refractivity contribution in [3.63, 3.8) is 0 Å². The van der Waals surface area contributed by atoms with Gasteiger partial charge in [0.2, 0.25) is 0 Å². The topological polar surface area (TPSA) is 89.7 Å². The number of carbonyl (C=O) groups excluding carboxylic acids is 1. The molecular formula is C11H11NO5. The van der Waals surface area contributed by atoms with E-state index < -0.39 is 10.9 Å². The summed E-state index contributed by atoms with van der Waals surface area (Å²) in [6.45, 7) is 1.83. The van der Waals surface area contributed by atoms with Gasteiger partial charge < -0.3 is 9.84 Å². The van der Waals surface area contributed by atoms with Gasteiger partial charge in [-0.3, -0.25) is 10.1 Å². The Labute approximate surface area is 97.3 Å². The zero-order valence-corrected chi connectivity index (χ0v) is 9.12. The van der Waals surface area contributed by atoms with Gasteiger partial charge in [-0.1, -0.05) is 0 Å². The summed E-state index contributed by atoms with van der Waals surface area (Å²) in [6.07, 6.45) is 0.624. The first-order valence-electron chi connectivity index (χ1n) is 4.86. The summed E-state index contributed by atoms with van der Waals surface area (Å²) in [4.78, 5) is 21.3. The Morgan fingerprint density at radius 3 is 2.47 bits per heavy atom. The summed E-state index contributed by atoms with van der Waals surface area (Å²) in [5, 5.41) is 19.4.